The number of sulfonamides is 1. The van der Waals surface area contributed by atoms with E-state index in [-0.39, 0.29) is 4.90 Å². The first-order valence-corrected chi connectivity index (χ1v) is 6.73. The molecule has 0 aliphatic heterocycles. The van der Waals surface area contributed by atoms with Crippen molar-refractivity contribution in [3.05, 3.63) is 23.3 Å². The van der Waals surface area contributed by atoms with Crippen LogP contribution in [-0.2, 0) is 10.0 Å². The van der Waals surface area contributed by atoms with E-state index in [9.17, 15) is 8.42 Å². The summed E-state index contributed by atoms with van der Waals surface area (Å²) in [7, 11) is -3.47. The number of nitrogens with one attached hydrogen (secondary N) is 1. The second-order valence-electron chi connectivity index (χ2n) is 3.87. The van der Waals surface area contributed by atoms with Crippen LogP contribution in [0.1, 0.15) is 24.5 Å². The first-order chi connectivity index (χ1) is 7.38. The van der Waals surface area contributed by atoms with Crippen LogP contribution in [0.4, 0.5) is 5.69 Å². The number of hydrogen-bond donors (Lipinski definition) is 2. The van der Waals surface area contributed by atoms with Crippen LogP contribution in [0, 0.1) is 13.8 Å². The van der Waals surface area contributed by atoms with Gasteiger partial charge in [0.15, 0.2) is 0 Å². The summed E-state index contributed by atoms with van der Waals surface area (Å²) in [6, 6.07) is 3.30. The summed E-state index contributed by atoms with van der Waals surface area (Å²) in [5, 5.41) is 0. The smallest absolute Gasteiger partial charge is 0.242 e. The fraction of sp³-hybridized carbons (Fsp3) is 0.455. The van der Waals surface area contributed by atoms with E-state index < -0.39 is 10.0 Å². The highest BCUT2D eigenvalue weighted by atomic mass is 32.2. The molecule has 0 heterocycles. The molecule has 1 rings (SSSR count). The highest BCUT2D eigenvalue weighted by molar-refractivity contribution is 7.89. The maximum atomic E-state index is 11.9. The number of hydrogen-bond acceptors (Lipinski definition) is 3. The largest absolute Gasteiger partial charge is 0.398 e. The van der Waals surface area contributed by atoms with E-state index in [2.05, 4.69) is 4.72 Å². The Morgan fingerprint density at radius 2 is 1.81 bits per heavy atom. The zero-order valence-electron chi connectivity index (χ0n) is 9.87. The molecule has 90 valence electrons. The molecule has 4 nitrogen and oxygen atoms in total. The van der Waals surface area contributed by atoms with Crippen molar-refractivity contribution >= 4 is 15.7 Å². The molecule has 0 atom stereocenters. The van der Waals surface area contributed by atoms with Crippen LogP contribution in [0.2, 0.25) is 0 Å². The van der Waals surface area contributed by atoms with Gasteiger partial charge in [-0.25, -0.2) is 13.1 Å². The average Bonchev–Trinajstić information content (AvgIpc) is 2.20. The summed E-state index contributed by atoms with van der Waals surface area (Å²) in [6.07, 6.45) is 0.754. The van der Waals surface area contributed by atoms with Gasteiger partial charge in [0.2, 0.25) is 10.0 Å². The van der Waals surface area contributed by atoms with Crippen LogP contribution in [0.5, 0.6) is 0 Å². The van der Waals surface area contributed by atoms with Crippen LogP contribution in [0.25, 0.3) is 0 Å². The lowest BCUT2D eigenvalue weighted by atomic mass is 10.1. The third-order valence-corrected chi connectivity index (χ3v) is 3.97. The molecule has 0 aliphatic rings. The van der Waals surface area contributed by atoms with Crippen LogP contribution in [-0.4, -0.2) is 15.0 Å². The number of nitrogens with two attached hydrogens (primary N) is 1. The first kappa shape index (κ1) is 13.0. The third-order valence-electron chi connectivity index (χ3n) is 2.46. The Balaban J connectivity index is 3.18. The third kappa shape index (κ3) is 2.74. The molecule has 0 saturated heterocycles. The van der Waals surface area contributed by atoms with Gasteiger partial charge >= 0.3 is 0 Å². The highest BCUT2D eigenvalue weighted by Crippen LogP contribution is 2.22. The zero-order valence-corrected chi connectivity index (χ0v) is 10.7. The average molecular weight is 242 g/mol. The van der Waals surface area contributed by atoms with Crippen molar-refractivity contribution < 1.29 is 8.42 Å². The van der Waals surface area contributed by atoms with Gasteiger partial charge in [0.05, 0.1) is 5.69 Å². The van der Waals surface area contributed by atoms with Crippen molar-refractivity contribution in [3.8, 4) is 0 Å². The van der Waals surface area contributed by atoms with Crippen LogP contribution < -0.4 is 10.5 Å². The van der Waals surface area contributed by atoms with Gasteiger partial charge in [-0.2, -0.15) is 0 Å². The summed E-state index contributed by atoms with van der Waals surface area (Å²) >= 11 is 0. The van der Waals surface area contributed by atoms with E-state index in [1.807, 2.05) is 20.8 Å². The van der Waals surface area contributed by atoms with Crippen molar-refractivity contribution in [1.29, 1.82) is 0 Å². The standard InChI is InChI=1S/C11H18N2O2S/c1-4-5-13-16(14,15)11-7-9(3)8(2)6-10(11)12/h6-7,13H,4-5,12H2,1-3H3. The maximum absolute atomic E-state index is 11.9. The topological polar surface area (TPSA) is 72.2 Å². The van der Waals surface area contributed by atoms with Gasteiger partial charge in [0, 0.05) is 6.54 Å². The predicted molar refractivity (Wildman–Crippen MR) is 65.8 cm³/mol. The highest BCUT2D eigenvalue weighted by Gasteiger charge is 2.17. The molecule has 1 aromatic rings. The lowest BCUT2D eigenvalue weighted by molar-refractivity contribution is 0.581. The molecule has 0 radical (unpaired) electrons. The molecule has 1 aromatic carbocycles. The van der Waals surface area contributed by atoms with E-state index >= 15 is 0 Å². The number of benzene rings is 1. The first-order valence-electron chi connectivity index (χ1n) is 5.25. The number of anilines is 1. The van der Waals surface area contributed by atoms with E-state index in [0.29, 0.717) is 12.2 Å². The second-order valence-corrected chi connectivity index (χ2v) is 5.61. The van der Waals surface area contributed by atoms with Crippen molar-refractivity contribution in [2.45, 2.75) is 32.1 Å². The molecule has 0 spiro atoms. The van der Waals surface area contributed by atoms with E-state index in [4.69, 9.17) is 5.73 Å². The van der Waals surface area contributed by atoms with Crippen LogP contribution in [0.15, 0.2) is 17.0 Å². The zero-order chi connectivity index (χ0) is 12.3. The molecule has 0 bridgehead atoms. The molecule has 0 unspecified atom stereocenters. The van der Waals surface area contributed by atoms with Gasteiger partial charge in [-0.1, -0.05) is 6.92 Å². The Labute approximate surface area is 96.9 Å². The van der Waals surface area contributed by atoms with E-state index in [0.717, 1.165) is 17.5 Å². The van der Waals surface area contributed by atoms with Crippen molar-refractivity contribution in [3.63, 3.8) is 0 Å². The quantitative estimate of drug-likeness (QED) is 0.787. The van der Waals surface area contributed by atoms with Crippen LogP contribution in [0.3, 0.4) is 0 Å². The van der Waals surface area contributed by atoms with Gasteiger partial charge in [0.1, 0.15) is 4.90 Å². The lowest BCUT2D eigenvalue weighted by Gasteiger charge is -2.10. The molecule has 0 aliphatic carbocycles. The molecule has 3 N–H and O–H groups in total. The molecule has 5 heteroatoms. The number of aryl methyl sites for hydroxylation is 2. The van der Waals surface area contributed by atoms with Crippen molar-refractivity contribution in [2.24, 2.45) is 0 Å². The normalized spacial score (nSPS) is 11.7. The Bertz CT molecular complexity index is 481. The minimum absolute atomic E-state index is 0.170. The number of nitrogen functional groups attached to an aromatic ring is 1. The van der Waals surface area contributed by atoms with Gasteiger partial charge < -0.3 is 5.73 Å². The Kier molecular flexibility index (Phi) is 3.93. The summed E-state index contributed by atoms with van der Waals surface area (Å²) < 4.78 is 26.3. The van der Waals surface area contributed by atoms with Crippen molar-refractivity contribution in [1.82, 2.24) is 4.72 Å². The van der Waals surface area contributed by atoms with Gasteiger partial charge in [0.25, 0.3) is 0 Å². The molecular formula is C11H18N2O2S. The number of rotatable bonds is 4. The van der Waals surface area contributed by atoms with Gasteiger partial charge in [-0.05, 0) is 43.5 Å². The van der Waals surface area contributed by atoms with Gasteiger partial charge in [-0.15, -0.1) is 0 Å². The SMILES string of the molecule is CCCNS(=O)(=O)c1cc(C)c(C)cc1N. The van der Waals surface area contributed by atoms with Crippen LogP contribution >= 0.6 is 0 Å². The summed E-state index contributed by atoms with van der Waals surface area (Å²) in [6.45, 7) is 6.11. The van der Waals surface area contributed by atoms with E-state index in [1.54, 1.807) is 12.1 Å². The Morgan fingerprint density at radius 3 is 2.38 bits per heavy atom. The maximum Gasteiger partial charge on any atom is 0.242 e. The fourth-order valence-corrected chi connectivity index (χ4v) is 2.69. The molecular weight excluding hydrogens is 224 g/mol. The van der Waals surface area contributed by atoms with E-state index in [1.165, 1.54) is 0 Å². The molecule has 0 fully saturated rings. The molecule has 16 heavy (non-hydrogen) atoms. The predicted octanol–water partition coefficient (Wildman–Crippen LogP) is 1.57. The lowest BCUT2D eigenvalue weighted by Crippen LogP contribution is -2.25. The summed E-state index contributed by atoms with van der Waals surface area (Å²) in [4.78, 5) is 0.170. The van der Waals surface area contributed by atoms with Gasteiger partial charge in [-0.3, -0.25) is 0 Å². The second kappa shape index (κ2) is 4.84. The fourth-order valence-electron chi connectivity index (χ4n) is 1.36. The Morgan fingerprint density at radius 1 is 1.25 bits per heavy atom. The monoisotopic (exact) mass is 242 g/mol. The molecule has 0 amide bonds. The summed E-state index contributed by atoms with van der Waals surface area (Å²) in [5.74, 6) is 0. The molecule has 0 saturated carbocycles. The van der Waals surface area contributed by atoms with Crippen molar-refractivity contribution in [2.75, 3.05) is 12.3 Å². The Hall–Kier alpha value is -1.07. The summed E-state index contributed by atoms with van der Waals surface area (Å²) in [5.41, 5.74) is 7.94. The minimum atomic E-state index is -3.47. The molecule has 0 aromatic heterocycles. The minimum Gasteiger partial charge on any atom is -0.398 e.